The maximum absolute atomic E-state index is 12.8. The number of ether oxygens (including phenoxy) is 1. The normalized spacial score (nSPS) is 10.7. The highest BCUT2D eigenvalue weighted by molar-refractivity contribution is 5.92. The van der Waals surface area contributed by atoms with Crippen LogP contribution < -0.4 is 4.90 Å². The van der Waals surface area contributed by atoms with Crippen LogP contribution in [0.5, 0.6) is 0 Å². The van der Waals surface area contributed by atoms with Crippen LogP contribution in [-0.4, -0.2) is 40.7 Å². The highest BCUT2D eigenvalue weighted by Gasteiger charge is 2.24. The van der Waals surface area contributed by atoms with Crippen LogP contribution in [0.2, 0.25) is 0 Å². The fourth-order valence-corrected chi connectivity index (χ4v) is 2.76. The summed E-state index contributed by atoms with van der Waals surface area (Å²) in [4.78, 5) is 28.8. The van der Waals surface area contributed by atoms with Crippen molar-refractivity contribution in [2.75, 3.05) is 18.6 Å². The lowest BCUT2D eigenvalue weighted by Crippen LogP contribution is -2.32. The van der Waals surface area contributed by atoms with Crippen molar-refractivity contribution >= 4 is 28.8 Å². The van der Waals surface area contributed by atoms with Gasteiger partial charge in [0.1, 0.15) is 0 Å². The lowest BCUT2D eigenvalue weighted by molar-refractivity contribution is -0.118. The Morgan fingerprint density at radius 2 is 2.15 bits per heavy atom. The van der Waals surface area contributed by atoms with E-state index < -0.39 is 5.97 Å². The number of carbonyl (C=O) groups is 2. The van der Waals surface area contributed by atoms with Crippen molar-refractivity contribution in [2.24, 2.45) is 0 Å². The van der Waals surface area contributed by atoms with Crippen LogP contribution in [0.1, 0.15) is 29.1 Å². The SMILES string of the molecule is C=CCCN(C(=O)CCc1c[nH]c2ccccc12)c1nnc(C(=O)OC)o1. The molecule has 2 heterocycles. The molecule has 1 aromatic carbocycles. The van der Waals surface area contributed by atoms with Crippen LogP contribution in [0.25, 0.3) is 10.9 Å². The number of methoxy groups -OCH3 is 1. The van der Waals surface area contributed by atoms with Crippen molar-refractivity contribution in [1.29, 1.82) is 0 Å². The first kappa shape index (κ1) is 18.4. The number of aromatic amines is 1. The van der Waals surface area contributed by atoms with Crippen molar-refractivity contribution in [1.82, 2.24) is 15.2 Å². The van der Waals surface area contributed by atoms with E-state index in [-0.39, 0.29) is 24.2 Å². The molecule has 0 aliphatic carbocycles. The molecular weight excluding hydrogens is 348 g/mol. The molecule has 2 aromatic heterocycles. The number of para-hydroxylation sites is 1. The Morgan fingerprint density at radius 3 is 2.93 bits per heavy atom. The first-order valence-corrected chi connectivity index (χ1v) is 8.52. The van der Waals surface area contributed by atoms with Gasteiger partial charge in [-0.1, -0.05) is 34.5 Å². The lowest BCUT2D eigenvalue weighted by Gasteiger charge is -2.17. The van der Waals surface area contributed by atoms with Gasteiger partial charge in [0.05, 0.1) is 7.11 Å². The van der Waals surface area contributed by atoms with E-state index in [9.17, 15) is 9.59 Å². The molecule has 0 spiro atoms. The third kappa shape index (κ3) is 4.05. The van der Waals surface area contributed by atoms with Crippen molar-refractivity contribution < 1.29 is 18.7 Å². The van der Waals surface area contributed by atoms with Gasteiger partial charge in [-0.15, -0.1) is 6.58 Å². The second-order valence-electron chi connectivity index (χ2n) is 5.86. The molecular formula is C19H20N4O4. The number of aryl methyl sites for hydroxylation is 1. The molecule has 0 unspecified atom stereocenters. The number of benzene rings is 1. The largest absolute Gasteiger partial charge is 0.462 e. The number of H-pyrrole nitrogens is 1. The summed E-state index contributed by atoms with van der Waals surface area (Å²) in [6.45, 7) is 4.00. The first-order chi connectivity index (χ1) is 13.1. The summed E-state index contributed by atoms with van der Waals surface area (Å²) in [6.07, 6.45) is 4.97. The topological polar surface area (TPSA) is 101 Å². The maximum Gasteiger partial charge on any atom is 0.396 e. The fraction of sp³-hybridized carbons (Fsp3) is 0.263. The maximum atomic E-state index is 12.8. The van der Waals surface area contributed by atoms with Gasteiger partial charge in [-0.2, -0.15) is 0 Å². The summed E-state index contributed by atoms with van der Waals surface area (Å²) in [6, 6.07) is 7.90. The van der Waals surface area contributed by atoms with Gasteiger partial charge in [0, 0.05) is 30.1 Å². The molecule has 27 heavy (non-hydrogen) atoms. The molecule has 0 fully saturated rings. The van der Waals surface area contributed by atoms with Crippen molar-refractivity contribution in [2.45, 2.75) is 19.3 Å². The average Bonchev–Trinajstić information content (AvgIpc) is 3.33. The summed E-state index contributed by atoms with van der Waals surface area (Å²) >= 11 is 0. The first-order valence-electron chi connectivity index (χ1n) is 8.52. The van der Waals surface area contributed by atoms with Crippen molar-refractivity contribution in [3.63, 3.8) is 0 Å². The second kappa shape index (κ2) is 8.31. The highest BCUT2D eigenvalue weighted by Crippen LogP contribution is 2.21. The smallest absolute Gasteiger partial charge is 0.396 e. The molecule has 0 aliphatic heterocycles. The van der Waals surface area contributed by atoms with E-state index in [0.717, 1.165) is 16.5 Å². The number of hydrogen-bond acceptors (Lipinski definition) is 6. The lowest BCUT2D eigenvalue weighted by atomic mass is 10.1. The summed E-state index contributed by atoms with van der Waals surface area (Å²) in [7, 11) is 1.22. The van der Waals surface area contributed by atoms with Crippen LogP contribution in [0.3, 0.4) is 0 Å². The quantitative estimate of drug-likeness (QED) is 0.485. The standard InChI is InChI=1S/C19H20N4O4/c1-3-4-11-23(19-22-21-17(27-19)18(25)26-2)16(24)10-9-13-12-20-15-8-6-5-7-14(13)15/h3,5-8,12,20H,1,4,9-11H2,2H3. The van der Waals surface area contributed by atoms with E-state index in [2.05, 4.69) is 26.5 Å². The molecule has 0 bridgehead atoms. The van der Waals surface area contributed by atoms with Crippen molar-refractivity contribution in [3.05, 3.63) is 54.6 Å². The minimum absolute atomic E-state index is 0.0267. The molecule has 0 atom stereocenters. The predicted molar refractivity (Wildman–Crippen MR) is 99.4 cm³/mol. The number of rotatable bonds is 8. The van der Waals surface area contributed by atoms with Gasteiger partial charge in [0.25, 0.3) is 0 Å². The number of fused-ring (bicyclic) bond motifs is 1. The molecule has 8 nitrogen and oxygen atoms in total. The molecule has 1 amide bonds. The van der Waals surface area contributed by atoms with Gasteiger partial charge in [-0.25, -0.2) is 4.79 Å². The van der Waals surface area contributed by atoms with Gasteiger partial charge in [0.2, 0.25) is 5.91 Å². The number of hydrogen-bond donors (Lipinski definition) is 1. The Bertz CT molecular complexity index is 959. The molecule has 1 N–H and O–H groups in total. The van der Waals surface area contributed by atoms with E-state index in [0.29, 0.717) is 19.4 Å². The summed E-state index contributed by atoms with van der Waals surface area (Å²) < 4.78 is 9.84. The number of amides is 1. The molecule has 0 saturated heterocycles. The summed E-state index contributed by atoms with van der Waals surface area (Å²) in [5, 5.41) is 8.53. The Hall–Kier alpha value is -3.42. The number of anilines is 1. The fourth-order valence-electron chi connectivity index (χ4n) is 2.76. The minimum atomic E-state index is -0.747. The monoisotopic (exact) mass is 368 g/mol. The van der Waals surface area contributed by atoms with E-state index in [4.69, 9.17) is 4.42 Å². The second-order valence-corrected chi connectivity index (χ2v) is 5.86. The number of esters is 1. The molecule has 0 radical (unpaired) electrons. The number of nitrogens with one attached hydrogen (secondary N) is 1. The number of carbonyl (C=O) groups excluding carboxylic acids is 2. The van der Waals surface area contributed by atoms with Crippen LogP contribution in [-0.2, 0) is 16.0 Å². The number of nitrogens with zero attached hydrogens (tertiary/aromatic N) is 3. The highest BCUT2D eigenvalue weighted by atomic mass is 16.5. The van der Waals surface area contributed by atoms with Crippen LogP contribution in [0.4, 0.5) is 6.01 Å². The molecule has 0 aliphatic rings. The van der Waals surface area contributed by atoms with E-state index in [1.807, 2.05) is 30.5 Å². The Balaban J connectivity index is 1.74. The van der Waals surface area contributed by atoms with Gasteiger partial charge in [-0.3, -0.25) is 9.69 Å². The van der Waals surface area contributed by atoms with E-state index in [1.165, 1.54) is 12.0 Å². The Kier molecular flexibility index (Phi) is 5.65. The zero-order valence-electron chi connectivity index (χ0n) is 15.0. The van der Waals surface area contributed by atoms with Gasteiger partial charge < -0.3 is 14.1 Å². The van der Waals surface area contributed by atoms with Gasteiger partial charge in [0.15, 0.2) is 0 Å². The molecule has 140 valence electrons. The van der Waals surface area contributed by atoms with Crippen LogP contribution in [0.15, 0.2) is 47.5 Å². The molecule has 8 heteroatoms. The van der Waals surface area contributed by atoms with Crippen molar-refractivity contribution in [3.8, 4) is 0 Å². The van der Waals surface area contributed by atoms with Crippen LogP contribution in [0, 0.1) is 0 Å². The third-order valence-electron chi connectivity index (χ3n) is 4.15. The Morgan fingerprint density at radius 1 is 1.33 bits per heavy atom. The molecule has 3 aromatic rings. The van der Waals surface area contributed by atoms with E-state index in [1.54, 1.807) is 6.08 Å². The zero-order valence-corrected chi connectivity index (χ0v) is 15.0. The number of aromatic nitrogens is 3. The van der Waals surface area contributed by atoms with Gasteiger partial charge >= 0.3 is 17.9 Å². The van der Waals surface area contributed by atoms with Gasteiger partial charge in [-0.05, 0) is 24.5 Å². The zero-order chi connectivity index (χ0) is 19.2. The summed E-state index contributed by atoms with van der Waals surface area (Å²) in [5.41, 5.74) is 2.09. The predicted octanol–water partition coefficient (Wildman–Crippen LogP) is 2.88. The molecule has 0 saturated carbocycles. The third-order valence-corrected chi connectivity index (χ3v) is 4.15. The van der Waals surface area contributed by atoms with E-state index >= 15 is 0 Å². The summed E-state index contributed by atoms with van der Waals surface area (Å²) in [5.74, 6) is -1.22. The molecule has 3 rings (SSSR count). The Labute approximate surface area is 155 Å². The average molecular weight is 368 g/mol. The van der Waals surface area contributed by atoms with Crippen LogP contribution >= 0.6 is 0 Å². The minimum Gasteiger partial charge on any atom is -0.462 e.